The van der Waals surface area contributed by atoms with Crippen molar-refractivity contribution >= 4 is 34.7 Å². The highest BCUT2D eigenvalue weighted by molar-refractivity contribution is 6.33. The number of nitrogens with zero attached hydrogens (tertiary/aromatic N) is 2. The fourth-order valence-electron chi connectivity index (χ4n) is 1.50. The lowest BCUT2D eigenvalue weighted by atomic mass is 10.2. The van der Waals surface area contributed by atoms with Gasteiger partial charge in [0.25, 0.3) is 0 Å². The standard InChI is InChI=1S/C12H9Cl2F2N3/c1-5-11(14)17-6(2)18-12(5)19-10-8(13)3-7(15)4-9(10)16/h3-4H,1-2H3,(H,17,18,19). The average molecular weight is 304 g/mol. The van der Waals surface area contributed by atoms with Gasteiger partial charge in [-0.25, -0.2) is 18.7 Å². The van der Waals surface area contributed by atoms with Crippen LogP contribution in [0.3, 0.4) is 0 Å². The summed E-state index contributed by atoms with van der Waals surface area (Å²) in [6.07, 6.45) is 0. The molecule has 0 unspecified atom stereocenters. The number of anilines is 2. The van der Waals surface area contributed by atoms with Gasteiger partial charge in [0.2, 0.25) is 0 Å². The maximum atomic E-state index is 13.7. The molecule has 3 nitrogen and oxygen atoms in total. The average Bonchev–Trinajstić information content (AvgIpc) is 2.29. The second-order valence-electron chi connectivity index (χ2n) is 3.90. The molecule has 1 aromatic carbocycles. The molecule has 0 bridgehead atoms. The highest BCUT2D eigenvalue weighted by Crippen LogP contribution is 2.31. The third kappa shape index (κ3) is 2.93. The topological polar surface area (TPSA) is 37.8 Å². The second kappa shape index (κ2) is 5.27. The van der Waals surface area contributed by atoms with Gasteiger partial charge in [-0.2, -0.15) is 0 Å². The van der Waals surface area contributed by atoms with Gasteiger partial charge in [-0.1, -0.05) is 23.2 Å². The van der Waals surface area contributed by atoms with E-state index in [1.165, 1.54) is 0 Å². The van der Waals surface area contributed by atoms with E-state index in [1.54, 1.807) is 13.8 Å². The van der Waals surface area contributed by atoms with Crippen LogP contribution in [0.2, 0.25) is 10.2 Å². The lowest BCUT2D eigenvalue weighted by molar-refractivity contribution is 0.586. The molecule has 1 aromatic heterocycles. The van der Waals surface area contributed by atoms with Crippen molar-refractivity contribution in [3.05, 3.63) is 45.3 Å². The van der Waals surface area contributed by atoms with Gasteiger partial charge in [0.15, 0.2) is 5.82 Å². The highest BCUT2D eigenvalue weighted by Gasteiger charge is 2.14. The first-order chi connectivity index (χ1) is 8.88. The summed E-state index contributed by atoms with van der Waals surface area (Å²) in [5.41, 5.74) is 0.493. The Kier molecular flexibility index (Phi) is 3.87. The van der Waals surface area contributed by atoms with Crippen LogP contribution in [0.5, 0.6) is 0 Å². The molecular formula is C12H9Cl2F2N3. The summed E-state index contributed by atoms with van der Waals surface area (Å²) in [5, 5.41) is 2.89. The van der Waals surface area contributed by atoms with Crippen molar-refractivity contribution in [2.75, 3.05) is 5.32 Å². The summed E-state index contributed by atoms with van der Waals surface area (Å²) in [7, 11) is 0. The molecule has 0 saturated carbocycles. The van der Waals surface area contributed by atoms with Crippen LogP contribution < -0.4 is 5.32 Å². The summed E-state index contributed by atoms with van der Waals surface area (Å²) in [4.78, 5) is 8.07. The quantitative estimate of drug-likeness (QED) is 0.834. The van der Waals surface area contributed by atoms with Gasteiger partial charge >= 0.3 is 0 Å². The van der Waals surface area contributed by atoms with Crippen molar-refractivity contribution in [3.63, 3.8) is 0 Å². The molecule has 0 spiro atoms. The van der Waals surface area contributed by atoms with E-state index in [-0.39, 0.29) is 15.9 Å². The minimum Gasteiger partial charge on any atom is -0.336 e. The van der Waals surface area contributed by atoms with E-state index in [2.05, 4.69) is 15.3 Å². The van der Waals surface area contributed by atoms with Crippen molar-refractivity contribution in [3.8, 4) is 0 Å². The van der Waals surface area contributed by atoms with Gasteiger partial charge in [0.05, 0.1) is 10.7 Å². The number of nitrogens with one attached hydrogen (secondary N) is 1. The normalized spacial score (nSPS) is 10.6. The predicted octanol–water partition coefficient (Wildman–Crippen LogP) is 4.42. The second-order valence-corrected chi connectivity index (χ2v) is 4.67. The largest absolute Gasteiger partial charge is 0.336 e. The van der Waals surface area contributed by atoms with Gasteiger partial charge in [-0.3, -0.25) is 0 Å². The molecule has 0 aliphatic rings. The smallest absolute Gasteiger partial charge is 0.151 e. The zero-order chi connectivity index (χ0) is 14.2. The van der Waals surface area contributed by atoms with Crippen molar-refractivity contribution in [2.45, 2.75) is 13.8 Å². The van der Waals surface area contributed by atoms with Gasteiger partial charge in [0.1, 0.15) is 22.6 Å². The van der Waals surface area contributed by atoms with Crippen molar-refractivity contribution in [1.82, 2.24) is 9.97 Å². The van der Waals surface area contributed by atoms with Gasteiger partial charge < -0.3 is 5.32 Å². The number of rotatable bonds is 2. The van der Waals surface area contributed by atoms with E-state index in [4.69, 9.17) is 23.2 Å². The van der Waals surface area contributed by atoms with Crippen LogP contribution in [0.15, 0.2) is 12.1 Å². The van der Waals surface area contributed by atoms with E-state index in [1.807, 2.05) is 0 Å². The number of aromatic nitrogens is 2. The lowest BCUT2D eigenvalue weighted by Crippen LogP contribution is -2.03. The molecule has 0 amide bonds. The van der Waals surface area contributed by atoms with Crippen molar-refractivity contribution in [2.24, 2.45) is 0 Å². The van der Waals surface area contributed by atoms with Gasteiger partial charge in [0, 0.05) is 11.6 Å². The van der Waals surface area contributed by atoms with E-state index < -0.39 is 11.6 Å². The lowest BCUT2D eigenvalue weighted by Gasteiger charge is -2.12. The Hall–Kier alpha value is -1.46. The maximum absolute atomic E-state index is 13.7. The van der Waals surface area contributed by atoms with Gasteiger partial charge in [-0.05, 0) is 19.9 Å². The summed E-state index contributed by atoms with van der Waals surface area (Å²) in [5.74, 6) is -0.805. The number of aryl methyl sites for hydroxylation is 1. The molecule has 1 N–H and O–H groups in total. The summed E-state index contributed by atoms with van der Waals surface area (Å²) in [6, 6.07) is 1.75. The van der Waals surface area contributed by atoms with Crippen molar-refractivity contribution in [1.29, 1.82) is 0 Å². The maximum Gasteiger partial charge on any atom is 0.151 e. The molecule has 100 valence electrons. The van der Waals surface area contributed by atoms with E-state index in [0.29, 0.717) is 17.2 Å². The zero-order valence-electron chi connectivity index (χ0n) is 10.1. The third-order valence-corrected chi connectivity index (χ3v) is 3.11. The Morgan fingerprint density at radius 1 is 1.11 bits per heavy atom. The summed E-state index contributed by atoms with van der Waals surface area (Å²) < 4.78 is 26.6. The Balaban J connectivity index is 2.48. The predicted molar refractivity (Wildman–Crippen MR) is 71.2 cm³/mol. The molecular weight excluding hydrogens is 295 g/mol. The molecule has 0 aliphatic heterocycles. The summed E-state index contributed by atoms with van der Waals surface area (Å²) in [6.45, 7) is 3.33. The Bertz CT molecular complexity index is 624. The number of hydrogen-bond donors (Lipinski definition) is 1. The molecule has 0 fully saturated rings. The fourth-order valence-corrected chi connectivity index (χ4v) is 1.95. The molecule has 1 heterocycles. The molecule has 0 saturated heterocycles. The van der Waals surface area contributed by atoms with Crippen LogP contribution in [0.25, 0.3) is 0 Å². The third-order valence-electron chi connectivity index (χ3n) is 2.45. The Labute approximate surface area is 118 Å². The van der Waals surface area contributed by atoms with Crippen molar-refractivity contribution < 1.29 is 8.78 Å². The van der Waals surface area contributed by atoms with Crippen LogP contribution in [-0.2, 0) is 0 Å². The molecule has 2 rings (SSSR count). The number of halogens is 4. The molecule has 0 radical (unpaired) electrons. The zero-order valence-corrected chi connectivity index (χ0v) is 11.6. The van der Waals surface area contributed by atoms with E-state index in [9.17, 15) is 8.78 Å². The molecule has 0 aliphatic carbocycles. The first kappa shape index (κ1) is 14.0. The number of hydrogen-bond acceptors (Lipinski definition) is 3. The molecule has 7 heteroatoms. The first-order valence-corrected chi connectivity index (χ1v) is 6.06. The number of benzene rings is 1. The first-order valence-electron chi connectivity index (χ1n) is 5.31. The van der Waals surface area contributed by atoms with Crippen LogP contribution >= 0.6 is 23.2 Å². The molecule has 0 atom stereocenters. The van der Waals surface area contributed by atoms with Gasteiger partial charge in [-0.15, -0.1) is 0 Å². The monoisotopic (exact) mass is 303 g/mol. The SMILES string of the molecule is Cc1nc(Cl)c(C)c(Nc2c(F)cc(F)cc2Cl)n1. The van der Waals surface area contributed by atoms with Crippen LogP contribution in [0.1, 0.15) is 11.4 Å². The summed E-state index contributed by atoms with van der Waals surface area (Å²) >= 11 is 11.7. The van der Waals surface area contributed by atoms with E-state index >= 15 is 0 Å². The Morgan fingerprint density at radius 2 is 1.79 bits per heavy atom. The van der Waals surface area contributed by atoms with E-state index in [0.717, 1.165) is 12.1 Å². The fraction of sp³-hybridized carbons (Fsp3) is 0.167. The highest BCUT2D eigenvalue weighted by atomic mass is 35.5. The minimum absolute atomic E-state index is 0.0552. The molecule has 19 heavy (non-hydrogen) atoms. The Morgan fingerprint density at radius 3 is 2.42 bits per heavy atom. The van der Waals surface area contributed by atoms with Crippen LogP contribution in [-0.4, -0.2) is 9.97 Å². The molecule has 2 aromatic rings. The van der Waals surface area contributed by atoms with Crippen LogP contribution in [0, 0.1) is 25.5 Å². The minimum atomic E-state index is -0.809. The van der Waals surface area contributed by atoms with Crippen LogP contribution in [0.4, 0.5) is 20.3 Å².